The van der Waals surface area contributed by atoms with E-state index in [4.69, 9.17) is 5.73 Å². The van der Waals surface area contributed by atoms with Gasteiger partial charge in [0.1, 0.15) is 0 Å². The summed E-state index contributed by atoms with van der Waals surface area (Å²) in [5.74, 6) is 0.726. The average Bonchev–Trinajstić information content (AvgIpc) is 2.31. The molecule has 1 atom stereocenters. The first kappa shape index (κ1) is 18.5. The van der Waals surface area contributed by atoms with Crippen LogP contribution in [0.4, 0.5) is 0 Å². The van der Waals surface area contributed by atoms with Crippen molar-refractivity contribution in [3.8, 4) is 0 Å². The standard InChI is InChI=1S/C17H29N.ClH/c1-10(2)8-9-16(18)17-14(6)12(4)11(3)13(5)15(17)7;/h10,16H,8-9,18H2,1-7H3;1H/t16-;/m1./s1. The molecule has 1 nitrogen and oxygen atoms in total. The Bertz CT molecular complexity index is 406. The van der Waals surface area contributed by atoms with Gasteiger partial charge in [-0.15, -0.1) is 12.4 Å². The lowest BCUT2D eigenvalue weighted by molar-refractivity contribution is 0.505. The van der Waals surface area contributed by atoms with Crippen LogP contribution in [0.15, 0.2) is 0 Å². The van der Waals surface area contributed by atoms with Crippen LogP contribution in [0.5, 0.6) is 0 Å². The van der Waals surface area contributed by atoms with Gasteiger partial charge in [0.2, 0.25) is 0 Å². The minimum Gasteiger partial charge on any atom is -0.324 e. The van der Waals surface area contributed by atoms with Crippen molar-refractivity contribution in [3.05, 3.63) is 33.4 Å². The predicted molar refractivity (Wildman–Crippen MR) is 88.4 cm³/mol. The molecule has 0 aromatic heterocycles. The highest BCUT2D eigenvalue weighted by Crippen LogP contribution is 2.31. The highest BCUT2D eigenvalue weighted by atomic mass is 35.5. The molecule has 1 aromatic carbocycles. The summed E-state index contributed by atoms with van der Waals surface area (Å²) in [5.41, 5.74) is 14.9. The van der Waals surface area contributed by atoms with Crippen molar-refractivity contribution in [1.29, 1.82) is 0 Å². The molecule has 0 amide bonds. The first-order chi connectivity index (χ1) is 8.27. The van der Waals surface area contributed by atoms with Gasteiger partial charge >= 0.3 is 0 Å². The third-order valence-electron chi connectivity index (χ3n) is 4.48. The van der Waals surface area contributed by atoms with Crippen LogP contribution in [0.1, 0.15) is 66.1 Å². The molecule has 19 heavy (non-hydrogen) atoms. The second kappa shape index (κ2) is 7.31. The predicted octanol–water partition coefficient (Wildman–Crippen LogP) is 5.09. The number of hydrogen-bond donors (Lipinski definition) is 1. The number of rotatable bonds is 4. The lowest BCUT2D eigenvalue weighted by atomic mass is 9.85. The summed E-state index contributed by atoms with van der Waals surface area (Å²) in [4.78, 5) is 0. The molecule has 0 aliphatic carbocycles. The third-order valence-corrected chi connectivity index (χ3v) is 4.48. The first-order valence-electron chi connectivity index (χ1n) is 7.09. The Labute approximate surface area is 125 Å². The molecule has 0 saturated heterocycles. The zero-order chi connectivity index (χ0) is 14.0. The van der Waals surface area contributed by atoms with E-state index in [-0.39, 0.29) is 18.4 Å². The van der Waals surface area contributed by atoms with Gasteiger partial charge in [-0.2, -0.15) is 0 Å². The van der Waals surface area contributed by atoms with Gasteiger partial charge in [-0.3, -0.25) is 0 Å². The number of halogens is 1. The summed E-state index contributed by atoms with van der Waals surface area (Å²) >= 11 is 0. The van der Waals surface area contributed by atoms with Crippen LogP contribution in [0.25, 0.3) is 0 Å². The van der Waals surface area contributed by atoms with E-state index in [0.29, 0.717) is 0 Å². The molecule has 0 spiro atoms. The molecule has 0 saturated carbocycles. The molecular formula is C17H30ClN. The quantitative estimate of drug-likeness (QED) is 0.819. The molecule has 0 bridgehead atoms. The maximum absolute atomic E-state index is 6.43. The van der Waals surface area contributed by atoms with Crippen molar-refractivity contribution in [2.24, 2.45) is 11.7 Å². The second-order valence-corrected chi connectivity index (χ2v) is 6.12. The molecule has 2 N–H and O–H groups in total. The lowest BCUT2D eigenvalue weighted by Gasteiger charge is -2.23. The van der Waals surface area contributed by atoms with E-state index >= 15 is 0 Å². The van der Waals surface area contributed by atoms with E-state index in [1.54, 1.807) is 0 Å². The van der Waals surface area contributed by atoms with Crippen molar-refractivity contribution in [2.45, 2.75) is 67.3 Å². The van der Waals surface area contributed by atoms with E-state index in [1.165, 1.54) is 39.8 Å². The van der Waals surface area contributed by atoms with Gasteiger partial charge in [-0.05, 0) is 86.8 Å². The van der Waals surface area contributed by atoms with E-state index in [1.807, 2.05) is 0 Å². The number of benzene rings is 1. The topological polar surface area (TPSA) is 26.0 Å². The van der Waals surface area contributed by atoms with Crippen molar-refractivity contribution in [3.63, 3.8) is 0 Å². The van der Waals surface area contributed by atoms with Gasteiger partial charge < -0.3 is 5.73 Å². The summed E-state index contributed by atoms with van der Waals surface area (Å²) < 4.78 is 0. The zero-order valence-electron chi connectivity index (χ0n) is 13.6. The van der Waals surface area contributed by atoms with Gasteiger partial charge in [0.05, 0.1) is 0 Å². The number of nitrogens with two attached hydrogens (primary N) is 1. The van der Waals surface area contributed by atoms with Crippen LogP contribution >= 0.6 is 12.4 Å². The average molecular weight is 284 g/mol. The maximum Gasteiger partial charge on any atom is 0.0300 e. The third kappa shape index (κ3) is 3.97. The van der Waals surface area contributed by atoms with Crippen LogP contribution < -0.4 is 5.73 Å². The molecule has 0 aliphatic heterocycles. The Morgan fingerprint density at radius 3 is 1.47 bits per heavy atom. The molecular weight excluding hydrogens is 254 g/mol. The van der Waals surface area contributed by atoms with E-state index < -0.39 is 0 Å². The second-order valence-electron chi connectivity index (χ2n) is 6.12. The Kier molecular flexibility index (Phi) is 7.10. The summed E-state index contributed by atoms with van der Waals surface area (Å²) in [7, 11) is 0. The SMILES string of the molecule is Cc1c(C)c(C)c([C@H](N)CCC(C)C)c(C)c1C.Cl. The molecule has 0 unspecified atom stereocenters. The minimum absolute atomic E-state index is 0. The smallest absolute Gasteiger partial charge is 0.0300 e. The lowest BCUT2D eigenvalue weighted by Crippen LogP contribution is -2.16. The van der Waals surface area contributed by atoms with Gasteiger partial charge in [0.15, 0.2) is 0 Å². The highest BCUT2D eigenvalue weighted by Gasteiger charge is 2.17. The molecule has 1 rings (SSSR count). The van der Waals surface area contributed by atoms with E-state index in [9.17, 15) is 0 Å². The summed E-state index contributed by atoms with van der Waals surface area (Å²) in [5, 5.41) is 0. The van der Waals surface area contributed by atoms with E-state index in [2.05, 4.69) is 48.5 Å². The van der Waals surface area contributed by atoms with Crippen LogP contribution in [-0.2, 0) is 0 Å². The van der Waals surface area contributed by atoms with Gasteiger partial charge in [0.25, 0.3) is 0 Å². The van der Waals surface area contributed by atoms with Crippen molar-refractivity contribution in [2.75, 3.05) is 0 Å². The Balaban J connectivity index is 0.00000324. The van der Waals surface area contributed by atoms with Crippen molar-refractivity contribution in [1.82, 2.24) is 0 Å². The summed E-state index contributed by atoms with van der Waals surface area (Å²) in [6, 6.07) is 0.186. The summed E-state index contributed by atoms with van der Waals surface area (Å²) in [6.07, 6.45) is 2.29. The van der Waals surface area contributed by atoms with Crippen molar-refractivity contribution < 1.29 is 0 Å². The van der Waals surface area contributed by atoms with Gasteiger partial charge in [-0.1, -0.05) is 13.8 Å². The van der Waals surface area contributed by atoms with Crippen LogP contribution in [0.2, 0.25) is 0 Å². The number of hydrogen-bond acceptors (Lipinski definition) is 1. The molecule has 1 aromatic rings. The normalized spacial score (nSPS) is 12.5. The fraction of sp³-hybridized carbons (Fsp3) is 0.647. The molecule has 0 heterocycles. The van der Waals surface area contributed by atoms with Crippen LogP contribution in [-0.4, -0.2) is 0 Å². The van der Waals surface area contributed by atoms with E-state index in [0.717, 1.165) is 12.3 Å². The van der Waals surface area contributed by atoms with Crippen LogP contribution in [0.3, 0.4) is 0 Å². The van der Waals surface area contributed by atoms with Crippen molar-refractivity contribution >= 4 is 12.4 Å². The molecule has 0 radical (unpaired) electrons. The fourth-order valence-corrected chi connectivity index (χ4v) is 2.74. The minimum atomic E-state index is 0. The molecule has 2 heteroatoms. The van der Waals surface area contributed by atoms with Crippen LogP contribution in [0, 0.1) is 40.5 Å². The maximum atomic E-state index is 6.43. The Hall–Kier alpha value is -0.530. The first-order valence-corrected chi connectivity index (χ1v) is 7.09. The molecule has 0 fully saturated rings. The van der Waals surface area contributed by atoms with Gasteiger partial charge in [0, 0.05) is 6.04 Å². The Morgan fingerprint density at radius 2 is 1.11 bits per heavy atom. The summed E-state index contributed by atoms with van der Waals surface area (Å²) in [6.45, 7) is 15.6. The molecule has 0 aliphatic rings. The molecule has 110 valence electrons. The monoisotopic (exact) mass is 283 g/mol. The zero-order valence-corrected chi connectivity index (χ0v) is 14.4. The largest absolute Gasteiger partial charge is 0.324 e. The fourth-order valence-electron chi connectivity index (χ4n) is 2.74. The Morgan fingerprint density at radius 1 is 0.737 bits per heavy atom. The van der Waals surface area contributed by atoms with Gasteiger partial charge in [-0.25, -0.2) is 0 Å². The highest BCUT2D eigenvalue weighted by molar-refractivity contribution is 5.85.